The fourth-order valence-corrected chi connectivity index (χ4v) is 2.22. The van der Waals surface area contributed by atoms with Crippen LogP contribution < -0.4 is 4.74 Å². The van der Waals surface area contributed by atoms with Gasteiger partial charge in [0.15, 0.2) is 0 Å². The lowest BCUT2D eigenvalue weighted by Gasteiger charge is -2.14. The molecule has 0 radical (unpaired) electrons. The molecule has 0 spiro atoms. The van der Waals surface area contributed by atoms with E-state index in [0.717, 1.165) is 5.56 Å². The van der Waals surface area contributed by atoms with Crippen molar-refractivity contribution in [2.75, 3.05) is 6.61 Å². The van der Waals surface area contributed by atoms with Crippen LogP contribution in [0.5, 0.6) is 5.75 Å². The molecule has 0 aromatic heterocycles. The number of rotatable bonds is 9. The van der Waals surface area contributed by atoms with Gasteiger partial charge < -0.3 is 19.7 Å². The molecule has 0 aliphatic rings. The maximum Gasteiger partial charge on any atom is 0.336 e. The summed E-state index contributed by atoms with van der Waals surface area (Å²) in [5.41, 5.74) is 0.531. The second-order valence-electron chi connectivity index (χ2n) is 5.56. The lowest BCUT2D eigenvalue weighted by Crippen LogP contribution is -2.13. The maximum atomic E-state index is 11.1. The van der Waals surface area contributed by atoms with Gasteiger partial charge in [0, 0.05) is 6.42 Å². The summed E-state index contributed by atoms with van der Waals surface area (Å²) in [7, 11) is 0. The number of ether oxygens (including phenoxy) is 2. The summed E-state index contributed by atoms with van der Waals surface area (Å²) in [4.78, 5) is 22.2. The van der Waals surface area contributed by atoms with Crippen LogP contribution in [0.2, 0.25) is 0 Å². The summed E-state index contributed by atoms with van der Waals surface area (Å²) in [6.45, 7) is 2.78. The van der Waals surface area contributed by atoms with Gasteiger partial charge in [0.25, 0.3) is 0 Å². The van der Waals surface area contributed by atoms with Gasteiger partial charge in [-0.2, -0.15) is 0 Å². The SMILES string of the molecule is CC(CCOc1ccc(C(=O)O)c(C(=O)O)c1)OCc1ccccc1. The Morgan fingerprint density at radius 2 is 1.68 bits per heavy atom. The van der Waals surface area contributed by atoms with E-state index in [4.69, 9.17) is 19.7 Å². The number of carboxylic acid groups (broad SMARTS) is 2. The molecule has 0 aliphatic carbocycles. The van der Waals surface area contributed by atoms with Crippen molar-refractivity contribution in [1.29, 1.82) is 0 Å². The predicted molar refractivity (Wildman–Crippen MR) is 91.2 cm³/mol. The van der Waals surface area contributed by atoms with Gasteiger partial charge in [0.1, 0.15) is 5.75 Å². The first-order valence-electron chi connectivity index (χ1n) is 7.86. The maximum absolute atomic E-state index is 11.1. The Balaban J connectivity index is 1.83. The second-order valence-corrected chi connectivity index (χ2v) is 5.56. The Morgan fingerprint density at radius 1 is 1.00 bits per heavy atom. The third-order valence-electron chi connectivity index (χ3n) is 3.62. The van der Waals surface area contributed by atoms with Crippen molar-refractivity contribution in [2.45, 2.75) is 26.1 Å². The lowest BCUT2D eigenvalue weighted by atomic mass is 10.1. The summed E-state index contributed by atoms with van der Waals surface area (Å²) in [6, 6.07) is 13.7. The van der Waals surface area contributed by atoms with Crippen molar-refractivity contribution in [3.63, 3.8) is 0 Å². The molecule has 2 aromatic rings. The topological polar surface area (TPSA) is 93.1 Å². The Labute approximate surface area is 145 Å². The quantitative estimate of drug-likeness (QED) is 0.724. The van der Waals surface area contributed by atoms with Gasteiger partial charge in [-0.1, -0.05) is 30.3 Å². The molecule has 6 heteroatoms. The molecule has 0 fully saturated rings. The fraction of sp³-hybridized carbons (Fsp3) is 0.263. The molecule has 1 unspecified atom stereocenters. The normalized spacial score (nSPS) is 11.7. The molecule has 6 nitrogen and oxygen atoms in total. The molecule has 132 valence electrons. The zero-order valence-corrected chi connectivity index (χ0v) is 13.8. The van der Waals surface area contributed by atoms with Crippen LogP contribution in [-0.4, -0.2) is 34.9 Å². The first-order valence-corrected chi connectivity index (χ1v) is 7.86. The van der Waals surface area contributed by atoms with E-state index in [1.54, 1.807) is 0 Å². The Hall–Kier alpha value is -2.86. The summed E-state index contributed by atoms with van der Waals surface area (Å²) >= 11 is 0. The largest absolute Gasteiger partial charge is 0.493 e. The van der Waals surface area contributed by atoms with E-state index in [9.17, 15) is 9.59 Å². The molecule has 2 rings (SSSR count). The van der Waals surface area contributed by atoms with Crippen LogP contribution in [-0.2, 0) is 11.3 Å². The van der Waals surface area contributed by atoms with E-state index >= 15 is 0 Å². The summed E-state index contributed by atoms with van der Waals surface area (Å²) in [5.74, 6) is -2.27. The molecule has 1 atom stereocenters. The number of benzene rings is 2. The van der Waals surface area contributed by atoms with Crippen molar-refractivity contribution in [3.05, 3.63) is 65.2 Å². The van der Waals surface area contributed by atoms with E-state index in [1.807, 2.05) is 37.3 Å². The van der Waals surface area contributed by atoms with Crippen LogP contribution >= 0.6 is 0 Å². The summed E-state index contributed by atoms with van der Waals surface area (Å²) in [5, 5.41) is 18.1. The van der Waals surface area contributed by atoms with Crippen molar-refractivity contribution < 1.29 is 29.3 Å². The third-order valence-corrected chi connectivity index (χ3v) is 3.62. The minimum Gasteiger partial charge on any atom is -0.493 e. The minimum absolute atomic E-state index is 0.0301. The van der Waals surface area contributed by atoms with Gasteiger partial charge in [0.05, 0.1) is 30.4 Å². The second kappa shape index (κ2) is 8.84. The zero-order valence-electron chi connectivity index (χ0n) is 13.8. The molecule has 0 bridgehead atoms. The van der Waals surface area contributed by atoms with Crippen molar-refractivity contribution in [1.82, 2.24) is 0 Å². The monoisotopic (exact) mass is 344 g/mol. The van der Waals surface area contributed by atoms with E-state index < -0.39 is 11.9 Å². The van der Waals surface area contributed by atoms with Crippen LogP contribution in [0.1, 0.15) is 39.6 Å². The Morgan fingerprint density at radius 3 is 2.32 bits per heavy atom. The third kappa shape index (κ3) is 5.61. The van der Waals surface area contributed by atoms with Gasteiger partial charge in [-0.3, -0.25) is 0 Å². The molecular formula is C19H20O6. The highest BCUT2D eigenvalue weighted by molar-refractivity contribution is 6.01. The van der Waals surface area contributed by atoms with E-state index in [-0.39, 0.29) is 17.2 Å². The van der Waals surface area contributed by atoms with Crippen molar-refractivity contribution in [3.8, 4) is 5.75 Å². The molecule has 0 amide bonds. The zero-order chi connectivity index (χ0) is 18.2. The molecule has 2 aromatic carbocycles. The smallest absolute Gasteiger partial charge is 0.336 e. The van der Waals surface area contributed by atoms with Gasteiger partial charge in [-0.05, 0) is 30.7 Å². The average molecular weight is 344 g/mol. The highest BCUT2D eigenvalue weighted by Gasteiger charge is 2.16. The van der Waals surface area contributed by atoms with Crippen LogP contribution in [0.25, 0.3) is 0 Å². The standard InChI is InChI=1S/C19H20O6/c1-13(25-12-14-5-3-2-4-6-14)9-10-24-15-7-8-16(18(20)21)17(11-15)19(22)23/h2-8,11,13H,9-10,12H2,1H3,(H,20,21)(H,22,23). The number of carbonyl (C=O) groups is 2. The van der Waals surface area contributed by atoms with Crippen molar-refractivity contribution in [2.24, 2.45) is 0 Å². The van der Waals surface area contributed by atoms with Crippen LogP contribution in [0.3, 0.4) is 0 Å². The lowest BCUT2D eigenvalue weighted by molar-refractivity contribution is 0.0386. The van der Waals surface area contributed by atoms with Crippen molar-refractivity contribution >= 4 is 11.9 Å². The van der Waals surface area contributed by atoms with Gasteiger partial charge in [0.2, 0.25) is 0 Å². The van der Waals surface area contributed by atoms with Crippen LogP contribution in [0.4, 0.5) is 0 Å². The minimum atomic E-state index is -1.30. The highest BCUT2D eigenvalue weighted by Crippen LogP contribution is 2.19. The number of carboxylic acids is 2. The number of hydrogen-bond donors (Lipinski definition) is 2. The van der Waals surface area contributed by atoms with Gasteiger partial charge in [-0.15, -0.1) is 0 Å². The first kappa shape index (κ1) is 18.5. The molecule has 0 heterocycles. The molecular weight excluding hydrogens is 324 g/mol. The molecule has 25 heavy (non-hydrogen) atoms. The molecule has 0 saturated heterocycles. The van der Waals surface area contributed by atoms with Gasteiger partial charge >= 0.3 is 11.9 Å². The molecule has 0 aliphatic heterocycles. The van der Waals surface area contributed by atoms with E-state index in [1.165, 1.54) is 18.2 Å². The Bertz CT molecular complexity index is 726. The van der Waals surface area contributed by atoms with E-state index in [2.05, 4.69) is 0 Å². The average Bonchev–Trinajstić information content (AvgIpc) is 2.60. The molecule has 2 N–H and O–H groups in total. The Kier molecular flexibility index (Phi) is 6.54. The summed E-state index contributed by atoms with van der Waals surface area (Å²) in [6.07, 6.45) is 0.591. The fourth-order valence-electron chi connectivity index (χ4n) is 2.22. The van der Waals surface area contributed by atoms with Crippen LogP contribution in [0.15, 0.2) is 48.5 Å². The van der Waals surface area contributed by atoms with Crippen LogP contribution in [0, 0.1) is 0 Å². The number of hydrogen-bond acceptors (Lipinski definition) is 4. The van der Waals surface area contributed by atoms with E-state index in [0.29, 0.717) is 25.4 Å². The first-order chi connectivity index (χ1) is 12.0. The predicted octanol–water partition coefficient (Wildman–Crippen LogP) is 3.46. The van der Waals surface area contributed by atoms with Gasteiger partial charge in [-0.25, -0.2) is 9.59 Å². The molecule has 0 saturated carbocycles. The summed E-state index contributed by atoms with van der Waals surface area (Å²) < 4.78 is 11.2. The number of aromatic carboxylic acids is 2. The highest BCUT2D eigenvalue weighted by atomic mass is 16.5.